The van der Waals surface area contributed by atoms with Crippen LogP contribution in [0.5, 0.6) is 17.2 Å². The van der Waals surface area contributed by atoms with Crippen molar-refractivity contribution >= 4 is 41.0 Å². The minimum Gasteiger partial charge on any atom is -0.493 e. The third kappa shape index (κ3) is 6.02. The summed E-state index contributed by atoms with van der Waals surface area (Å²) in [5.41, 5.74) is 0.676. The lowest BCUT2D eigenvalue weighted by atomic mass is 10.1. The fourth-order valence-corrected chi connectivity index (χ4v) is 3.77. The number of anilines is 1. The smallest absolute Gasteiger partial charge is 0.329 e. The second kappa shape index (κ2) is 11.3. The normalized spacial score (nSPS) is 13.7. The van der Waals surface area contributed by atoms with E-state index in [1.807, 2.05) is 13.0 Å². The molecular weight excluding hydrogens is 526 g/mol. The third-order valence-electron chi connectivity index (χ3n) is 5.63. The molecule has 1 heterocycles. The van der Waals surface area contributed by atoms with Crippen LogP contribution in [0.15, 0.2) is 66.4 Å². The van der Waals surface area contributed by atoms with E-state index in [0.717, 1.165) is 28.7 Å². The largest absolute Gasteiger partial charge is 0.493 e. The Kier molecular flexibility index (Phi) is 7.70. The number of nitrogens with zero attached hydrogens (tertiary/aromatic N) is 3. The van der Waals surface area contributed by atoms with E-state index >= 15 is 0 Å². The molecule has 0 spiro atoms. The molecule has 4 rings (SSSR count). The molecule has 0 saturated carbocycles. The number of aryl methyl sites for hydroxylation is 1. The summed E-state index contributed by atoms with van der Waals surface area (Å²) in [5, 5.41) is 27.4. The van der Waals surface area contributed by atoms with E-state index in [1.54, 1.807) is 18.2 Å². The number of nitro benzene ring substituents is 2. The number of amides is 4. The van der Waals surface area contributed by atoms with Crippen molar-refractivity contribution in [3.05, 3.63) is 97.7 Å². The molecule has 14 heteroatoms. The molecule has 0 bridgehead atoms. The van der Waals surface area contributed by atoms with Gasteiger partial charge in [0.2, 0.25) is 11.7 Å². The van der Waals surface area contributed by atoms with Crippen LogP contribution in [0.2, 0.25) is 0 Å². The predicted octanol–water partition coefficient (Wildman–Crippen LogP) is 4.14. The molecule has 40 heavy (non-hydrogen) atoms. The number of benzene rings is 3. The van der Waals surface area contributed by atoms with E-state index in [-0.39, 0.29) is 22.9 Å². The molecule has 0 atom stereocenters. The zero-order valence-corrected chi connectivity index (χ0v) is 21.1. The number of carbonyl (C=O) groups is 3. The van der Waals surface area contributed by atoms with E-state index in [0.29, 0.717) is 11.3 Å². The lowest BCUT2D eigenvalue weighted by Gasteiger charge is -2.12. The van der Waals surface area contributed by atoms with Gasteiger partial charge in [0.05, 0.1) is 23.0 Å². The molecule has 0 aromatic heterocycles. The monoisotopic (exact) mass is 547 g/mol. The van der Waals surface area contributed by atoms with Gasteiger partial charge in [-0.1, -0.05) is 18.2 Å². The molecule has 3 aromatic rings. The first-order chi connectivity index (χ1) is 19.0. The number of nitrogens with one attached hydrogen (secondary N) is 2. The standard InChI is InChI=1S/C26H21N5O9/c1-15-4-3-5-17(10-15)27-24(32)14-29-25(33)19(28-26(29)34)11-16-6-8-22(23(12-16)39-2)40-21-9-7-18(30(35)36)13-20(21)31(37)38/h3-13H,14H2,1-2H3,(H,27,32)(H,28,34)/b19-11+. The summed E-state index contributed by atoms with van der Waals surface area (Å²) >= 11 is 0. The van der Waals surface area contributed by atoms with Crippen LogP contribution in [0.1, 0.15) is 11.1 Å². The molecule has 1 aliphatic heterocycles. The SMILES string of the molecule is COc1cc(/C=C2/NC(=O)N(CC(=O)Nc3cccc(C)c3)C2=O)ccc1Oc1ccc([N+](=O)[O-])cc1[N+](=O)[O-]. The van der Waals surface area contributed by atoms with Crippen molar-refractivity contribution in [3.63, 3.8) is 0 Å². The molecule has 0 aliphatic carbocycles. The lowest BCUT2D eigenvalue weighted by molar-refractivity contribution is -0.394. The molecule has 4 amide bonds. The number of non-ortho nitro benzene ring substituents is 1. The first-order valence-electron chi connectivity index (χ1n) is 11.6. The quantitative estimate of drug-likeness (QED) is 0.172. The van der Waals surface area contributed by atoms with E-state index in [1.165, 1.54) is 31.4 Å². The number of hydrogen-bond acceptors (Lipinski definition) is 9. The molecule has 1 aliphatic rings. The van der Waals surface area contributed by atoms with Gasteiger partial charge in [-0.25, -0.2) is 9.69 Å². The average molecular weight is 547 g/mol. The van der Waals surface area contributed by atoms with Gasteiger partial charge in [-0.2, -0.15) is 0 Å². The Morgan fingerprint density at radius 3 is 2.42 bits per heavy atom. The first kappa shape index (κ1) is 27.3. The van der Waals surface area contributed by atoms with Gasteiger partial charge in [-0.3, -0.25) is 29.8 Å². The average Bonchev–Trinajstić information content (AvgIpc) is 3.16. The third-order valence-corrected chi connectivity index (χ3v) is 5.63. The molecule has 3 aromatic carbocycles. The Morgan fingerprint density at radius 2 is 1.75 bits per heavy atom. The van der Waals surface area contributed by atoms with Crippen LogP contribution in [-0.4, -0.2) is 46.2 Å². The molecule has 0 radical (unpaired) electrons. The highest BCUT2D eigenvalue weighted by molar-refractivity contribution is 6.16. The van der Waals surface area contributed by atoms with Gasteiger partial charge in [0.25, 0.3) is 11.6 Å². The minimum absolute atomic E-state index is 0.0535. The molecule has 14 nitrogen and oxygen atoms in total. The van der Waals surface area contributed by atoms with Gasteiger partial charge in [-0.05, 0) is 54.5 Å². The summed E-state index contributed by atoms with van der Waals surface area (Å²) < 4.78 is 10.9. The van der Waals surface area contributed by atoms with E-state index in [4.69, 9.17) is 9.47 Å². The minimum atomic E-state index is -0.811. The Bertz CT molecular complexity index is 1580. The summed E-state index contributed by atoms with van der Waals surface area (Å²) in [6, 6.07) is 13.6. The number of imide groups is 1. The van der Waals surface area contributed by atoms with Gasteiger partial charge in [0.15, 0.2) is 11.5 Å². The van der Waals surface area contributed by atoms with Gasteiger partial charge < -0.3 is 20.1 Å². The van der Waals surface area contributed by atoms with Crippen LogP contribution in [0.25, 0.3) is 6.08 Å². The fraction of sp³-hybridized carbons (Fsp3) is 0.115. The maximum atomic E-state index is 12.8. The highest BCUT2D eigenvalue weighted by Gasteiger charge is 2.35. The zero-order chi connectivity index (χ0) is 29.0. The van der Waals surface area contributed by atoms with Crippen molar-refractivity contribution in [3.8, 4) is 17.2 Å². The van der Waals surface area contributed by atoms with E-state index < -0.39 is 45.6 Å². The van der Waals surface area contributed by atoms with Crippen LogP contribution < -0.4 is 20.1 Å². The van der Waals surface area contributed by atoms with Gasteiger partial charge in [0, 0.05) is 11.8 Å². The Hall–Kier alpha value is -5.79. The molecule has 1 fully saturated rings. The number of ether oxygens (including phenoxy) is 2. The predicted molar refractivity (Wildman–Crippen MR) is 141 cm³/mol. The highest BCUT2D eigenvalue weighted by atomic mass is 16.6. The molecule has 2 N–H and O–H groups in total. The maximum absolute atomic E-state index is 12.8. The van der Waals surface area contributed by atoms with E-state index in [2.05, 4.69) is 10.6 Å². The van der Waals surface area contributed by atoms with Gasteiger partial charge >= 0.3 is 11.7 Å². The molecule has 204 valence electrons. The second-order valence-electron chi connectivity index (χ2n) is 8.48. The summed E-state index contributed by atoms with van der Waals surface area (Å²) in [5.74, 6) is -1.35. The van der Waals surface area contributed by atoms with Gasteiger partial charge in [0.1, 0.15) is 12.2 Å². The Morgan fingerprint density at radius 1 is 1.00 bits per heavy atom. The number of methoxy groups -OCH3 is 1. The Labute approximate surface area is 226 Å². The van der Waals surface area contributed by atoms with Crippen molar-refractivity contribution in [2.45, 2.75) is 6.92 Å². The molecule has 1 saturated heterocycles. The van der Waals surface area contributed by atoms with Crippen molar-refractivity contribution < 1.29 is 33.7 Å². The second-order valence-corrected chi connectivity index (χ2v) is 8.48. The van der Waals surface area contributed by atoms with Crippen LogP contribution >= 0.6 is 0 Å². The summed E-state index contributed by atoms with van der Waals surface area (Å²) in [6.45, 7) is 1.36. The lowest BCUT2D eigenvalue weighted by Crippen LogP contribution is -2.38. The van der Waals surface area contributed by atoms with Crippen molar-refractivity contribution in [1.29, 1.82) is 0 Å². The first-order valence-corrected chi connectivity index (χ1v) is 11.6. The number of hydrogen-bond donors (Lipinski definition) is 2. The number of carbonyl (C=O) groups excluding carboxylic acids is 3. The van der Waals surface area contributed by atoms with Crippen molar-refractivity contribution in [2.75, 3.05) is 19.0 Å². The number of nitro groups is 2. The van der Waals surface area contributed by atoms with Crippen molar-refractivity contribution in [2.24, 2.45) is 0 Å². The van der Waals surface area contributed by atoms with Gasteiger partial charge in [-0.15, -0.1) is 0 Å². The number of urea groups is 1. The topological polar surface area (TPSA) is 183 Å². The summed E-state index contributed by atoms with van der Waals surface area (Å²) in [6.07, 6.45) is 1.36. The maximum Gasteiger partial charge on any atom is 0.329 e. The van der Waals surface area contributed by atoms with Crippen LogP contribution in [0.4, 0.5) is 21.9 Å². The fourth-order valence-electron chi connectivity index (χ4n) is 3.77. The summed E-state index contributed by atoms with van der Waals surface area (Å²) in [4.78, 5) is 59.2. The highest BCUT2D eigenvalue weighted by Crippen LogP contribution is 2.38. The molecule has 0 unspecified atom stereocenters. The zero-order valence-electron chi connectivity index (χ0n) is 21.1. The molecular formula is C26H21N5O9. The van der Waals surface area contributed by atoms with Crippen LogP contribution in [0, 0.1) is 27.2 Å². The van der Waals surface area contributed by atoms with E-state index in [9.17, 15) is 34.6 Å². The summed E-state index contributed by atoms with van der Waals surface area (Å²) in [7, 11) is 1.32. The van der Waals surface area contributed by atoms with Crippen molar-refractivity contribution in [1.82, 2.24) is 10.2 Å². The van der Waals surface area contributed by atoms with Crippen LogP contribution in [-0.2, 0) is 9.59 Å². The number of rotatable bonds is 9. The Balaban J connectivity index is 1.51. The van der Waals surface area contributed by atoms with Crippen LogP contribution in [0.3, 0.4) is 0 Å².